The lowest BCUT2D eigenvalue weighted by molar-refractivity contribution is -0.115. The van der Waals surface area contributed by atoms with Crippen LogP contribution in [0.1, 0.15) is 42.2 Å². The van der Waals surface area contributed by atoms with Gasteiger partial charge in [0.2, 0.25) is 5.91 Å². The number of amides is 1. The second kappa shape index (κ2) is 7.36. The second-order valence-corrected chi connectivity index (χ2v) is 8.03. The minimum absolute atomic E-state index is 0.0828. The van der Waals surface area contributed by atoms with Crippen molar-refractivity contribution in [3.05, 3.63) is 22.3 Å². The Morgan fingerprint density at radius 3 is 3.00 bits per heavy atom. The molecule has 0 aliphatic heterocycles. The Hall–Kier alpha value is -1.85. The lowest BCUT2D eigenvalue weighted by Gasteiger charge is -2.13. The van der Waals surface area contributed by atoms with Crippen LogP contribution < -0.4 is 5.32 Å². The van der Waals surface area contributed by atoms with E-state index in [4.69, 9.17) is 0 Å². The van der Waals surface area contributed by atoms with E-state index >= 15 is 0 Å². The highest BCUT2D eigenvalue weighted by Gasteiger charge is 2.25. The summed E-state index contributed by atoms with van der Waals surface area (Å²) in [5, 5.41) is 21.5. The van der Waals surface area contributed by atoms with Gasteiger partial charge in [0.15, 0.2) is 5.16 Å². The van der Waals surface area contributed by atoms with Crippen LogP contribution in [0, 0.1) is 11.3 Å². The molecule has 126 valence electrons. The normalized spacial score (nSPS) is 14.7. The molecule has 8 heteroatoms. The van der Waals surface area contributed by atoms with Crippen molar-refractivity contribution in [2.45, 2.75) is 49.4 Å². The first-order valence-corrected chi connectivity index (χ1v) is 9.69. The zero-order valence-electron chi connectivity index (χ0n) is 13.7. The topological polar surface area (TPSA) is 83.6 Å². The number of aromatic nitrogens is 3. The van der Waals surface area contributed by atoms with Crippen molar-refractivity contribution in [3.63, 3.8) is 0 Å². The molecule has 0 fully saturated rings. The lowest BCUT2D eigenvalue weighted by atomic mass is 9.96. The van der Waals surface area contributed by atoms with Gasteiger partial charge < -0.3 is 9.88 Å². The van der Waals surface area contributed by atoms with Gasteiger partial charge in [-0.25, -0.2) is 0 Å². The van der Waals surface area contributed by atoms with Crippen molar-refractivity contribution in [1.82, 2.24) is 14.8 Å². The summed E-state index contributed by atoms with van der Waals surface area (Å²) < 4.78 is 1.80. The van der Waals surface area contributed by atoms with Crippen LogP contribution in [0.5, 0.6) is 0 Å². The van der Waals surface area contributed by atoms with Crippen molar-refractivity contribution in [3.8, 4) is 6.07 Å². The summed E-state index contributed by atoms with van der Waals surface area (Å²) in [5.41, 5.74) is 1.79. The third kappa shape index (κ3) is 3.32. The van der Waals surface area contributed by atoms with Crippen LogP contribution in [0.25, 0.3) is 0 Å². The number of thiophene rings is 1. The molecule has 0 saturated carbocycles. The Morgan fingerprint density at radius 2 is 2.33 bits per heavy atom. The summed E-state index contributed by atoms with van der Waals surface area (Å²) in [7, 11) is 1.86. The lowest BCUT2D eigenvalue weighted by Crippen LogP contribution is -2.25. The molecule has 2 aromatic rings. The highest BCUT2D eigenvalue weighted by Crippen LogP contribution is 2.38. The van der Waals surface area contributed by atoms with Crippen LogP contribution in [-0.4, -0.2) is 25.9 Å². The van der Waals surface area contributed by atoms with Gasteiger partial charge in [0.05, 0.1) is 10.8 Å². The molecule has 1 aliphatic carbocycles. The van der Waals surface area contributed by atoms with Gasteiger partial charge in [-0.15, -0.1) is 21.5 Å². The summed E-state index contributed by atoms with van der Waals surface area (Å²) in [4.78, 5) is 13.9. The number of carbonyl (C=O) groups excluding carboxylic acids is 1. The third-order valence-electron chi connectivity index (χ3n) is 4.10. The second-order valence-electron chi connectivity index (χ2n) is 5.76. The van der Waals surface area contributed by atoms with E-state index in [0.717, 1.165) is 31.2 Å². The van der Waals surface area contributed by atoms with Crippen molar-refractivity contribution < 1.29 is 4.79 Å². The Labute approximate surface area is 149 Å². The molecule has 1 amide bonds. The van der Waals surface area contributed by atoms with Crippen LogP contribution in [0.4, 0.5) is 5.00 Å². The Balaban J connectivity index is 1.77. The molecular weight excluding hydrogens is 342 g/mol. The molecule has 1 unspecified atom stereocenters. The number of fused-ring (bicyclic) bond motifs is 1. The van der Waals surface area contributed by atoms with Crippen molar-refractivity contribution in [2.75, 3.05) is 5.32 Å². The number of hydrogen-bond donors (Lipinski definition) is 1. The Bertz CT molecular complexity index is 789. The van der Waals surface area contributed by atoms with Gasteiger partial charge in [-0.2, -0.15) is 5.26 Å². The quantitative estimate of drug-likeness (QED) is 0.827. The van der Waals surface area contributed by atoms with Crippen LogP contribution in [-0.2, 0) is 24.7 Å². The van der Waals surface area contributed by atoms with Crippen LogP contribution in [0.2, 0.25) is 0 Å². The predicted octanol–water partition coefficient (Wildman–Crippen LogP) is 3.14. The molecule has 1 aliphatic rings. The molecule has 2 aromatic heterocycles. The predicted molar refractivity (Wildman–Crippen MR) is 95.2 cm³/mol. The number of nitrogens with one attached hydrogen (secondary N) is 1. The number of nitrogens with zero attached hydrogens (tertiary/aromatic N) is 4. The van der Waals surface area contributed by atoms with Crippen LogP contribution in [0.3, 0.4) is 0 Å². The van der Waals surface area contributed by atoms with E-state index in [9.17, 15) is 10.1 Å². The fraction of sp³-hybridized carbons (Fsp3) is 0.500. The first-order chi connectivity index (χ1) is 11.6. The van der Waals surface area contributed by atoms with Gasteiger partial charge >= 0.3 is 0 Å². The fourth-order valence-corrected chi connectivity index (χ4v) is 4.93. The largest absolute Gasteiger partial charge is 0.316 e. The molecule has 0 spiro atoms. The van der Waals surface area contributed by atoms with Crippen molar-refractivity contribution in [2.24, 2.45) is 7.05 Å². The van der Waals surface area contributed by atoms with E-state index < -0.39 is 0 Å². The zero-order valence-corrected chi connectivity index (χ0v) is 15.3. The number of hydrogen-bond acceptors (Lipinski definition) is 6. The summed E-state index contributed by atoms with van der Waals surface area (Å²) in [6.07, 6.45) is 6.52. The molecule has 2 heterocycles. The minimum Gasteiger partial charge on any atom is -0.316 e. The molecular formula is C16H19N5OS2. The molecule has 3 rings (SSSR count). The molecule has 0 bridgehead atoms. The van der Waals surface area contributed by atoms with Gasteiger partial charge in [0.1, 0.15) is 17.4 Å². The smallest absolute Gasteiger partial charge is 0.238 e. The van der Waals surface area contributed by atoms with E-state index in [-0.39, 0.29) is 11.2 Å². The summed E-state index contributed by atoms with van der Waals surface area (Å²) in [6, 6.07) is 2.28. The van der Waals surface area contributed by atoms with Gasteiger partial charge in [-0.3, -0.25) is 4.79 Å². The number of nitriles is 1. The highest BCUT2D eigenvalue weighted by atomic mass is 32.2. The minimum atomic E-state index is -0.265. The maximum atomic E-state index is 12.7. The number of thioether (sulfide) groups is 1. The Kier molecular flexibility index (Phi) is 5.21. The third-order valence-corrected chi connectivity index (χ3v) is 6.72. The fourth-order valence-electron chi connectivity index (χ4n) is 2.79. The molecule has 1 atom stereocenters. The van der Waals surface area contributed by atoms with E-state index in [1.54, 1.807) is 22.2 Å². The maximum absolute atomic E-state index is 12.7. The van der Waals surface area contributed by atoms with Crippen molar-refractivity contribution in [1.29, 1.82) is 5.26 Å². The maximum Gasteiger partial charge on any atom is 0.238 e. The number of anilines is 1. The number of carbonyl (C=O) groups is 1. The summed E-state index contributed by atoms with van der Waals surface area (Å²) >= 11 is 2.95. The van der Waals surface area contributed by atoms with Gasteiger partial charge in [-0.1, -0.05) is 18.7 Å². The van der Waals surface area contributed by atoms with Gasteiger partial charge in [0.25, 0.3) is 0 Å². The number of rotatable bonds is 5. The Morgan fingerprint density at radius 1 is 1.54 bits per heavy atom. The molecule has 0 radical (unpaired) electrons. The van der Waals surface area contributed by atoms with Gasteiger partial charge in [0, 0.05) is 11.9 Å². The van der Waals surface area contributed by atoms with Crippen molar-refractivity contribution >= 4 is 34.0 Å². The number of aryl methyl sites for hydroxylation is 2. The van der Waals surface area contributed by atoms with Crippen LogP contribution in [0.15, 0.2) is 11.5 Å². The average Bonchev–Trinajstić information content (AvgIpc) is 3.14. The van der Waals surface area contributed by atoms with E-state index in [1.807, 2.05) is 14.0 Å². The SMILES string of the molecule is CCC(Sc1nncn1C)C(=O)Nc1sc2c(c1C#N)CCCC2. The standard InChI is InChI=1S/C16H19N5OS2/c1-3-12(24-16-20-18-9-21(16)2)14(22)19-15-11(8-17)10-6-4-5-7-13(10)23-15/h9,12H,3-7H2,1-2H3,(H,19,22). The molecule has 6 nitrogen and oxygen atoms in total. The van der Waals surface area contributed by atoms with Gasteiger partial charge in [-0.05, 0) is 37.7 Å². The molecule has 0 saturated heterocycles. The monoisotopic (exact) mass is 361 g/mol. The van der Waals surface area contributed by atoms with E-state index in [0.29, 0.717) is 22.1 Å². The molecule has 0 aromatic carbocycles. The van der Waals surface area contributed by atoms with Crippen LogP contribution >= 0.6 is 23.1 Å². The molecule has 24 heavy (non-hydrogen) atoms. The first kappa shape index (κ1) is 17.0. The summed E-state index contributed by atoms with van der Waals surface area (Å²) in [6.45, 7) is 1.97. The van der Waals surface area contributed by atoms with E-state index in [1.165, 1.54) is 16.6 Å². The zero-order chi connectivity index (χ0) is 17.1. The molecule has 1 N–H and O–H groups in total. The summed E-state index contributed by atoms with van der Waals surface area (Å²) in [5.74, 6) is -0.0828. The van der Waals surface area contributed by atoms with E-state index in [2.05, 4.69) is 21.6 Å². The first-order valence-electron chi connectivity index (χ1n) is 8.00. The average molecular weight is 361 g/mol. The highest BCUT2D eigenvalue weighted by molar-refractivity contribution is 8.00.